The highest BCUT2D eigenvalue weighted by molar-refractivity contribution is 7.98. The number of anilines is 1. The molecule has 5 rings (SSSR count). The minimum absolute atomic E-state index is 0.150. The third-order valence-corrected chi connectivity index (χ3v) is 7.09. The van der Waals surface area contributed by atoms with Gasteiger partial charge in [0.1, 0.15) is 5.15 Å². The van der Waals surface area contributed by atoms with Gasteiger partial charge < -0.3 is 5.32 Å². The van der Waals surface area contributed by atoms with Crippen molar-refractivity contribution in [3.05, 3.63) is 108 Å². The summed E-state index contributed by atoms with van der Waals surface area (Å²) in [5.74, 6) is 0.417. The van der Waals surface area contributed by atoms with E-state index in [0.29, 0.717) is 16.5 Å². The first-order valence-electron chi connectivity index (χ1n) is 10.7. The predicted molar refractivity (Wildman–Crippen MR) is 139 cm³/mol. The number of benzene rings is 3. The number of hydrogen-bond donors (Lipinski definition) is 1. The molecule has 168 valence electrons. The van der Waals surface area contributed by atoms with Gasteiger partial charge in [-0.2, -0.15) is 5.10 Å². The van der Waals surface area contributed by atoms with Gasteiger partial charge in [0.15, 0.2) is 0 Å². The number of nitrogens with zero attached hydrogens (tertiary/aromatic N) is 3. The normalized spacial score (nSPS) is 11.0. The quantitative estimate of drug-likeness (QED) is 0.268. The minimum atomic E-state index is -0.150. The molecule has 1 amide bonds. The molecule has 7 heteroatoms. The van der Waals surface area contributed by atoms with Crippen LogP contribution in [0.1, 0.15) is 15.9 Å². The number of thioether (sulfide) groups is 1. The van der Waals surface area contributed by atoms with Crippen molar-refractivity contribution >= 4 is 45.7 Å². The lowest BCUT2D eigenvalue weighted by atomic mass is 10.1. The Morgan fingerprint density at radius 2 is 1.79 bits per heavy atom. The van der Waals surface area contributed by atoms with Gasteiger partial charge >= 0.3 is 0 Å². The Hall–Kier alpha value is -3.61. The number of pyridine rings is 1. The van der Waals surface area contributed by atoms with Crippen LogP contribution in [0.15, 0.2) is 96.2 Å². The van der Waals surface area contributed by atoms with Gasteiger partial charge in [-0.05, 0) is 47.2 Å². The summed E-state index contributed by atoms with van der Waals surface area (Å²) in [5, 5.41) is 10.4. The Labute approximate surface area is 206 Å². The van der Waals surface area contributed by atoms with Crippen LogP contribution >= 0.6 is 23.4 Å². The molecular weight excluding hydrogens is 464 g/mol. The van der Waals surface area contributed by atoms with Crippen molar-refractivity contribution in [1.82, 2.24) is 14.8 Å². The van der Waals surface area contributed by atoms with Crippen molar-refractivity contribution in [3.63, 3.8) is 0 Å². The highest BCUT2D eigenvalue weighted by Gasteiger charge is 2.18. The second kappa shape index (κ2) is 9.71. The Morgan fingerprint density at radius 1 is 1.00 bits per heavy atom. The van der Waals surface area contributed by atoms with Crippen LogP contribution in [0.25, 0.3) is 22.0 Å². The van der Waals surface area contributed by atoms with Crippen LogP contribution in [0.2, 0.25) is 5.15 Å². The average Bonchev–Trinajstić information content (AvgIpc) is 3.16. The van der Waals surface area contributed by atoms with Crippen LogP contribution in [-0.2, 0) is 12.8 Å². The largest absolute Gasteiger partial charge is 0.322 e. The van der Waals surface area contributed by atoms with Gasteiger partial charge in [-0.3, -0.25) is 14.5 Å². The molecule has 0 unspecified atom stereocenters. The zero-order valence-electron chi connectivity index (χ0n) is 18.4. The number of aromatic nitrogens is 3. The van der Waals surface area contributed by atoms with E-state index in [1.54, 1.807) is 28.8 Å². The highest BCUT2D eigenvalue weighted by atomic mass is 35.5. The first kappa shape index (κ1) is 22.2. The molecule has 0 spiro atoms. The number of nitrogens with one attached hydrogen (secondary N) is 1. The standard InChI is InChI=1S/C27H21ClN4OS/c1-32-26(28)23(25(31-32)20-9-6-14-29-16-20)17-34-24-11-5-4-10-22(24)27(33)30-21-13-12-18-7-2-3-8-19(18)15-21/h2-16H,17H2,1H3,(H,30,33). The van der Waals surface area contributed by atoms with Gasteiger partial charge in [-0.25, -0.2) is 0 Å². The number of fused-ring (bicyclic) bond motifs is 1. The Balaban J connectivity index is 1.38. The molecule has 0 aliphatic carbocycles. The van der Waals surface area contributed by atoms with Crippen molar-refractivity contribution in [1.29, 1.82) is 0 Å². The van der Waals surface area contributed by atoms with E-state index in [0.717, 1.165) is 38.2 Å². The van der Waals surface area contributed by atoms with E-state index < -0.39 is 0 Å². The zero-order valence-corrected chi connectivity index (χ0v) is 20.0. The highest BCUT2D eigenvalue weighted by Crippen LogP contribution is 2.35. The molecule has 0 aliphatic rings. The van der Waals surface area contributed by atoms with E-state index in [-0.39, 0.29) is 5.91 Å². The van der Waals surface area contributed by atoms with Crippen LogP contribution in [0.5, 0.6) is 0 Å². The fraction of sp³-hybridized carbons (Fsp3) is 0.0741. The maximum Gasteiger partial charge on any atom is 0.256 e. The van der Waals surface area contributed by atoms with Gasteiger partial charge in [0, 0.05) is 46.9 Å². The molecule has 2 heterocycles. The molecule has 0 radical (unpaired) electrons. The van der Waals surface area contributed by atoms with Gasteiger partial charge in [0.2, 0.25) is 0 Å². The summed E-state index contributed by atoms with van der Waals surface area (Å²) in [5.41, 5.74) is 3.99. The second-order valence-corrected chi connectivity index (χ2v) is 9.16. The van der Waals surface area contributed by atoms with Crippen molar-refractivity contribution in [2.24, 2.45) is 7.05 Å². The number of hydrogen-bond acceptors (Lipinski definition) is 4. The minimum Gasteiger partial charge on any atom is -0.322 e. The van der Waals surface area contributed by atoms with Crippen LogP contribution in [0.4, 0.5) is 5.69 Å². The fourth-order valence-corrected chi connectivity index (χ4v) is 5.14. The monoisotopic (exact) mass is 484 g/mol. The molecule has 2 aromatic heterocycles. The molecule has 5 nitrogen and oxygen atoms in total. The number of carbonyl (C=O) groups is 1. The predicted octanol–water partition coefficient (Wildman–Crippen LogP) is 6.83. The Bertz CT molecular complexity index is 1480. The first-order chi connectivity index (χ1) is 16.6. The zero-order chi connectivity index (χ0) is 23.5. The summed E-state index contributed by atoms with van der Waals surface area (Å²) >= 11 is 8.13. The van der Waals surface area contributed by atoms with Gasteiger partial charge in [-0.1, -0.05) is 54.1 Å². The topological polar surface area (TPSA) is 59.8 Å². The van der Waals surface area contributed by atoms with Gasteiger partial charge in [-0.15, -0.1) is 11.8 Å². The molecule has 1 N–H and O–H groups in total. The lowest BCUT2D eigenvalue weighted by Crippen LogP contribution is -2.13. The molecule has 0 bridgehead atoms. The maximum atomic E-state index is 13.2. The molecule has 34 heavy (non-hydrogen) atoms. The summed E-state index contributed by atoms with van der Waals surface area (Å²) in [6.45, 7) is 0. The molecule has 0 saturated carbocycles. The summed E-state index contributed by atoms with van der Waals surface area (Å²) in [4.78, 5) is 18.2. The van der Waals surface area contributed by atoms with Crippen molar-refractivity contribution in [2.75, 3.05) is 5.32 Å². The van der Waals surface area contributed by atoms with Crippen LogP contribution in [0.3, 0.4) is 0 Å². The number of amides is 1. The molecular formula is C27H21ClN4OS. The first-order valence-corrected chi connectivity index (χ1v) is 12.1. The van der Waals surface area contributed by atoms with E-state index in [9.17, 15) is 4.79 Å². The van der Waals surface area contributed by atoms with E-state index >= 15 is 0 Å². The van der Waals surface area contributed by atoms with Gasteiger partial charge in [0.05, 0.1) is 11.3 Å². The third kappa shape index (κ3) is 4.55. The Kier molecular flexibility index (Phi) is 6.34. The van der Waals surface area contributed by atoms with Crippen molar-refractivity contribution < 1.29 is 4.79 Å². The van der Waals surface area contributed by atoms with Crippen LogP contribution < -0.4 is 5.32 Å². The van der Waals surface area contributed by atoms with E-state index in [1.165, 1.54) is 0 Å². The fourth-order valence-electron chi connectivity index (χ4n) is 3.81. The molecule has 0 aliphatic heterocycles. The molecule has 3 aromatic carbocycles. The molecule has 0 atom stereocenters. The van der Waals surface area contributed by atoms with Crippen LogP contribution in [-0.4, -0.2) is 20.7 Å². The third-order valence-electron chi connectivity index (χ3n) is 5.51. The number of aryl methyl sites for hydroxylation is 1. The van der Waals surface area contributed by atoms with Crippen LogP contribution in [0, 0.1) is 0 Å². The maximum absolute atomic E-state index is 13.2. The molecule has 5 aromatic rings. The van der Waals surface area contributed by atoms with Crippen molar-refractivity contribution in [3.8, 4) is 11.3 Å². The summed E-state index contributed by atoms with van der Waals surface area (Å²) in [7, 11) is 1.82. The Morgan fingerprint density at radius 3 is 2.62 bits per heavy atom. The van der Waals surface area contributed by atoms with E-state index in [1.807, 2.05) is 79.8 Å². The van der Waals surface area contributed by atoms with E-state index in [2.05, 4.69) is 21.5 Å². The summed E-state index contributed by atoms with van der Waals surface area (Å²) in [6, 6.07) is 25.4. The molecule has 0 saturated heterocycles. The van der Waals surface area contributed by atoms with Gasteiger partial charge in [0.25, 0.3) is 5.91 Å². The number of carbonyl (C=O) groups excluding carboxylic acids is 1. The molecule has 0 fully saturated rings. The van der Waals surface area contributed by atoms with Crippen molar-refractivity contribution in [2.45, 2.75) is 10.6 Å². The summed E-state index contributed by atoms with van der Waals surface area (Å²) < 4.78 is 1.66. The lowest BCUT2D eigenvalue weighted by Gasteiger charge is -2.11. The average molecular weight is 485 g/mol. The smallest absolute Gasteiger partial charge is 0.256 e. The lowest BCUT2D eigenvalue weighted by molar-refractivity contribution is 0.102. The SMILES string of the molecule is Cn1nc(-c2cccnc2)c(CSc2ccccc2C(=O)Nc2ccc3ccccc3c2)c1Cl. The second-order valence-electron chi connectivity index (χ2n) is 7.78. The summed E-state index contributed by atoms with van der Waals surface area (Å²) in [6.07, 6.45) is 3.50. The van der Waals surface area contributed by atoms with E-state index in [4.69, 9.17) is 11.6 Å². The number of rotatable bonds is 6. The number of halogens is 1.